The third kappa shape index (κ3) is 5.76. The first-order valence-corrected chi connectivity index (χ1v) is 11.5. The molecule has 1 amide bonds. The lowest BCUT2D eigenvalue weighted by Gasteiger charge is -2.22. The number of nitrogens with one attached hydrogen (secondary N) is 1. The summed E-state index contributed by atoms with van der Waals surface area (Å²) in [6.07, 6.45) is 1.57. The molecule has 1 aromatic heterocycles. The number of benzene rings is 2. The minimum Gasteiger partial charge on any atom is -0.380 e. The van der Waals surface area contributed by atoms with Crippen molar-refractivity contribution in [3.05, 3.63) is 76.3 Å². The van der Waals surface area contributed by atoms with Gasteiger partial charge < -0.3 is 9.88 Å². The second kappa shape index (κ2) is 9.44. The van der Waals surface area contributed by atoms with Crippen LogP contribution in [0.25, 0.3) is 0 Å². The Balaban J connectivity index is 1.84. The fourth-order valence-electron chi connectivity index (χ4n) is 3.20. The van der Waals surface area contributed by atoms with Gasteiger partial charge in [-0.15, -0.1) is 0 Å². The number of aryl methyl sites for hydroxylation is 2. The van der Waals surface area contributed by atoms with E-state index in [1.165, 1.54) is 0 Å². The van der Waals surface area contributed by atoms with Gasteiger partial charge >= 0.3 is 0 Å². The Bertz CT molecular complexity index is 1150. The number of aromatic nitrogens is 2. The van der Waals surface area contributed by atoms with Crippen molar-refractivity contribution in [3.63, 3.8) is 0 Å². The number of hydrogen-bond donors (Lipinski definition) is 2. The van der Waals surface area contributed by atoms with Crippen LogP contribution in [0.1, 0.15) is 48.2 Å². The highest BCUT2D eigenvalue weighted by Crippen LogP contribution is 2.25. The van der Waals surface area contributed by atoms with Crippen LogP contribution in [0.4, 0.5) is 11.4 Å². The van der Waals surface area contributed by atoms with Gasteiger partial charge in [0.15, 0.2) is 0 Å². The molecule has 0 fully saturated rings. The lowest BCUT2D eigenvalue weighted by atomic mass is 10.1. The second-order valence-electron chi connectivity index (χ2n) is 8.65. The third-order valence-electron chi connectivity index (χ3n) is 4.72. The maximum absolute atomic E-state index is 13.0. The molecule has 0 saturated heterocycles. The molecule has 0 bridgehead atoms. The van der Waals surface area contributed by atoms with Crippen LogP contribution in [0.15, 0.2) is 48.7 Å². The van der Waals surface area contributed by atoms with Gasteiger partial charge in [-0.1, -0.05) is 35.4 Å². The molecule has 1 atom stereocenters. The fraction of sp³-hybridized carbons (Fsp3) is 0.304. The molecule has 2 aromatic carbocycles. The van der Waals surface area contributed by atoms with E-state index < -0.39 is 17.2 Å². The zero-order valence-corrected chi connectivity index (χ0v) is 20.3. The van der Waals surface area contributed by atoms with E-state index in [9.17, 15) is 13.6 Å². The first-order chi connectivity index (χ1) is 14.9. The van der Waals surface area contributed by atoms with E-state index in [1.54, 1.807) is 42.0 Å². The van der Waals surface area contributed by atoms with Gasteiger partial charge in [0.25, 0.3) is 17.2 Å². The van der Waals surface area contributed by atoms with Gasteiger partial charge in [0.2, 0.25) is 0 Å². The Labute approximate surface area is 195 Å². The summed E-state index contributed by atoms with van der Waals surface area (Å²) in [7, 11) is 0. The van der Waals surface area contributed by atoms with Crippen LogP contribution in [0, 0.1) is 13.8 Å². The van der Waals surface area contributed by atoms with Crippen molar-refractivity contribution in [1.82, 2.24) is 9.55 Å². The molecule has 3 rings (SSSR count). The van der Waals surface area contributed by atoms with Gasteiger partial charge in [0.1, 0.15) is 11.5 Å². The van der Waals surface area contributed by atoms with E-state index in [2.05, 4.69) is 31.1 Å². The number of halogens is 1. The largest absolute Gasteiger partial charge is 0.380 e. The van der Waals surface area contributed by atoms with Gasteiger partial charge in [-0.25, -0.2) is 13.5 Å². The van der Waals surface area contributed by atoms with Gasteiger partial charge in [0, 0.05) is 22.4 Å². The minimum atomic E-state index is -2.54. The van der Waals surface area contributed by atoms with Crippen LogP contribution >= 0.6 is 11.6 Å². The molecule has 0 radical (unpaired) electrons. The Morgan fingerprint density at radius 2 is 1.84 bits per heavy atom. The highest BCUT2D eigenvalue weighted by molar-refractivity contribution is 7.81. The number of carbonyl (C=O) groups excluding carboxylic acids is 1. The highest BCUT2D eigenvalue weighted by atomic mass is 35.5. The summed E-state index contributed by atoms with van der Waals surface area (Å²) in [5.41, 5.74) is 3.07. The molecule has 9 heteroatoms. The predicted molar refractivity (Wildman–Crippen MR) is 130 cm³/mol. The Morgan fingerprint density at radius 1 is 1.19 bits per heavy atom. The number of carbonyl (C=O) groups is 1. The fourth-order valence-corrected chi connectivity index (χ4v) is 3.98. The molecular weight excluding hydrogens is 448 g/mol. The molecule has 3 aromatic rings. The molecule has 32 heavy (non-hydrogen) atoms. The van der Waals surface area contributed by atoms with E-state index in [-0.39, 0.29) is 11.2 Å². The third-order valence-corrected chi connectivity index (χ3v) is 5.76. The maximum Gasteiger partial charge on any atom is 0.292 e. The van der Waals surface area contributed by atoms with Crippen LogP contribution in [0.2, 0.25) is 5.02 Å². The SMILES string of the molecule is Cc1ccc(N(C(=O)c2cn(Cc3ccc(NC(C)(C)C)cc3Cl)c(C)n2)S(=O)O)cc1. The first kappa shape index (κ1) is 24.0. The highest BCUT2D eigenvalue weighted by Gasteiger charge is 2.25. The van der Waals surface area contributed by atoms with Crippen molar-refractivity contribution in [2.24, 2.45) is 0 Å². The smallest absolute Gasteiger partial charge is 0.292 e. The first-order valence-electron chi connectivity index (χ1n) is 10.1. The number of anilines is 2. The molecule has 170 valence electrons. The van der Waals surface area contributed by atoms with Crippen molar-refractivity contribution < 1.29 is 13.6 Å². The average Bonchev–Trinajstić information content (AvgIpc) is 3.04. The zero-order valence-electron chi connectivity index (χ0n) is 18.7. The Hall–Kier alpha value is -2.68. The second-order valence-corrected chi connectivity index (χ2v) is 9.88. The number of imidazole rings is 1. The lowest BCUT2D eigenvalue weighted by molar-refractivity contribution is 0.100. The van der Waals surface area contributed by atoms with E-state index in [0.717, 1.165) is 21.1 Å². The van der Waals surface area contributed by atoms with Crippen molar-refractivity contribution in [1.29, 1.82) is 0 Å². The van der Waals surface area contributed by atoms with Gasteiger partial charge in [-0.05, 0) is 64.4 Å². The van der Waals surface area contributed by atoms with E-state index in [4.69, 9.17) is 11.6 Å². The summed E-state index contributed by atoms with van der Waals surface area (Å²) in [5, 5.41) is 3.97. The Morgan fingerprint density at radius 3 is 2.41 bits per heavy atom. The molecule has 2 N–H and O–H groups in total. The maximum atomic E-state index is 13.0. The normalized spacial score (nSPS) is 12.5. The molecule has 7 nitrogen and oxygen atoms in total. The summed E-state index contributed by atoms with van der Waals surface area (Å²) < 4.78 is 24.3. The van der Waals surface area contributed by atoms with Crippen LogP contribution in [0.5, 0.6) is 0 Å². The molecule has 1 heterocycles. The molecule has 0 aliphatic rings. The average molecular weight is 475 g/mol. The number of nitrogens with zero attached hydrogens (tertiary/aromatic N) is 3. The minimum absolute atomic E-state index is 0.0765. The number of amides is 1. The van der Waals surface area contributed by atoms with E-state index in [0.29, 0.717) is 23.1 Å². The quantitative estimate of drug-likeness (QED) is 0.480. The topological polar surface area (TPSA) is 87.5 Å². The van der Waals surface area contributed by atoms with Crippen LogP contribution in [-0.4, -0.2) is 29.8 Å². The summed E-state index contributed by atoms with van der Waals surface area (Å²) in [6, 6.07) is 12.5. The monoisotopic (exact) mass is 474 g/mol. The van der Waals surface area contributed by atoms with Crippen LogP contribution in [0.3, 0.4) is 0 Å². The summed E-state index contributed by atoms with van der Waals surface area (Å²) in [4.78, 5) is 17.3. The van der Waals surface area contributed by atoms with Gasteiger partial charge in [-0.2, -0.15) is 0 Å². The molecule has 0 aliphatic heterocycles. The summed E-state index contributed by atoms with van der Waals surface area (Å²) in [5.74, 6) is -0.0683. The number of rotatable bonds is 6. The van der Waals surface area contributed by atoms with Crippen molar-refractivity contribution in [3.8, 4) is 0 Å². The lowest BCUT2D eigenvalue weighted by Crippen LogP contribution is -2.32. The molecule has 0 saturated carbocycles. The van der Waals surface area contributed by atoms with Crippen LogP contribution in [-0.2, 0) is 17.8 Å². The van der Waals surface area contributed by atoms with E-state index >= 15 is 0 Å². The molecule has 0 spiro atoms. The summed E-state index contributed by atoms with van der Waals surface area (Å²) >= 11 is 3.96. The summed E-state index contributed by atoms with van der Waals surface area (Å²) in [6.45, 7) is 10.3. The molecule has 1 unspecified atom stereocenters. The molecule has 0 aliphatic carbocycles. The van der Waals surface area contributed by atoms with Crippen LogP contribution < -0.4 is 9.62 Å². The van der Waals surface area contributed by atoms with Crippen molar-refractivity contribution in [2.75, 3.05) is 9.62 Å². The zero-order chi connectivity index (χ0) is 23.6. The van der Waals surface area contributed by atoms with Gasteiger partial charge in [-0.3, -0.25) is 9.35 Å². The van der Waals surface area contributed by atoms with Crippen molar-refractivity contribution in [2.45, 2.75) is 46.7 Å². The van der Waals surface area contributed by atoms with Crippen molar-refractivity contribution >= 4 is 40.1 Å². The Kier molecular flexibility index (Phi) is 7.07. The standard InChI is InChI=1S/C23H27ClN4O3S/c1-15-6-10-19(11-7-15)28(32(30)31)22(29)21-14-27(16(2)25-21)13-17-8-9-18(12-20(17)24)26-23(3,4)5/h6-12,14,26H,13H2,1-5H3,(H,30,31). The predicted octanol–water partition coefficient (Wildman–Crippen LogP) is 5.20. The molecular formula is C23H27ClN4O3S. The number of hydrogen-bond acceptors (Lipinski definition) is 4. The van der Waals surface area contributed by atoms with E-state index in [1.807, 2.05) is 25.1 Å². The van der Waals surface area contributed by atoms with Gasteiger partial charge in [0.05, 0.1) is 12.2 Å².